The van der Waals surface area contributed by atoms with Gasteiger partial charge in [0.25, 0.3) is 0 Å². The average Bonchev–Trinajstić information content (AvgIpc) is 2.78. The van der Waals surface area contributed by atoms with Crippen LogP contribution >= 0.6 is 0 Å². The molecule has 0 unspecified atom stereocenters. The number of benzene rings is 1. The summed E-state index contributed by atoms with van der Waals surface area (Å²) >= 11 is 0. The molecule has 0 aliphatic heterocycles. The van der Waals surface area contributed by atoms with Gasteiger partial charge >= 0.3 is 0 Å². The number of aliphatic imine (C=N–C) groups is 1. The molecule has 1 aliphatic rings. The van der Waals surface area contributed by atoms with Crippen molar-refractivity contribution in [3.63, 3.8) is 0 Å². The summed E-state index contributed by atoms with van der Waals surface area (Å²) in [6.45, 7) is 0. The molecular weight excluding hydrogens is 266 g/mol. The molecule has 0 amide bonds. The molecule has 5 nitrogen and oxygen atoms in total. The molecular formula is C13H15NO4S. The molecule has 0 bridgehead atoms. The Balaban J connectivity index is 2.63. The molecule has 0 saturated heterocycles. The third kappa shape index (κ3) is 2.55. The second-order valence-electron chi connectivity index (χ2n) is 4.89. The van der Waals surface area contributed by atoms with E-state index in [-0.39, 0.29) is 10.6 Å². The highest BCUT2D eigenvalue weighted by Crippen LogP contribution is 2.45. The van der Waals surface area contributed by atoms with E-state index in [2.05, 4.69) is 4.99 Å². The minimum Gasteiger partial charge on any atom is -0.508 e. The predicted molar refractivity (Wildman–Crippen MR) is 69.5 cm³/mol. The molecule has 19 heavy (non-hydrogen) atoms. The van der Waals surface area contributed by atoms with Gasteiger partial charge in [-0.3, -0.25) is 0 Å². The maximum absolute atomic E-state index is 11.6. The molecule has 1 N–H and O–H groups in total. The quantitative estimate of drug-likeness (QED) is 0.677. The van der Waals surface area contributed by atoms with Crippen LogP contribution in [-0.2, 0) is 20.2 Å². The van der Waals surface area contributed by atoms with Crippen LogP contribution in [-0.4, -0.2) is 25.9 Å². The van der Waals surface area contributed by atoms with Gasteiger partial charge in [-0.25, -0.2) is 13.2 Å². The van der Waals surface area contributed by atoms with Gasteiger partial charge in [-0.05, 0) is 31.0 Å². The number of phenols is 1. The van der Waals surface area contributed by atoms with E-state index in [0.29, 0.717) is 18.4 Å². The predicted octanol–water partition coefficient (Wildman–Crippen LogP) is 1.90. The van der Waals surface area contributed by atoms with Gasteiger partial charge in [-0.15, -0.1) is 0 Å². The summed E-state index contributed by atoms with van der Waals surface area (Å²) in [5, 5.41) is 9.97. The topological polar surface area (TPSA) is 83.8 Å². The van der Waals surface area contributed by atoms with Gasteiger partial charge in [-0.1, -0.05) is 12.8 Å². The number of rotatable bonds is 3. The Labute approximate surface area is 111 Å². The summed E-state index contributed by atoms with van der Waals surface area (Å²) < 4.78 is 23.2. The van der Waals surface area contributed by atoms with Crippen molar-refractivity contribution in [2.24, 2.45) is 4.99 Å². The summed E-state index contributed by atoms with van der Waals surface area (Å²) in [5.74, 6) is -0.0340. The lowest BCUT2D eigenvalue weighted by molar-refractivity contribution is 0.407. The van der Waals surface area contributed by atoms with E-state index in [4.69, 9.17) is 0 Å². The Morgan fingerprint density at radius 2 is 1.95 bits per heavy atom. The van der Waals surface area contributed by atoms with Gasteiger partial charge in [0.2, 0.25) is 6.08 Å². The molecule has 0 atom stereocenters. The zero-order valence-corrected chi connectivity index (χ0v) is 11.4. The lowest BCUT2D eigenvalue weighted by atomic mass is 9.88. The van der Waals surface area contributed by atoms with Crippen molar-refractivity contribution in [3.8, 4) is 5.75 Å². The third-order valence-corrected chi connectivity index (χ3v) is 4.70. The second-order valence-corrected chi connectivity index (χ2v) is 6.91. The summed E-state index contributed by atoms with van der Waals surface area (Å²) in [6.07, 6.45) is 5.65. The van der Waals surface area contributed by atoms with Crippen molar-refractivity contribution in [3.05, 3.63) is 23.8 Å². The second kappa shape index (κ2) is 4.79. The third-order valence-electron chi connectivity index (χ3n) is 3.59. The average molecular weight is 281 g/mol. The van der Waals surface area contributed by atoms with Gasteiger partial charge in [0.15, 0.2) is 9.84 Å². The van der Waals surface area contributed by atoms with Gasteiger partial charge in [0.05, 0.1) is 4.90 Å². The van der Waals surface area contributed by atoms with E-state index in [1.165, 1.54) is 18.2 Å². The first-order chi connectivity index (χ1) is 8.89. The molecule has 0 spiro atoms. The molecule has 0 radical (unpaired) electrons. The maximum atomic E-state index is 11.6. The molecule has 0 heterocycles. The van der Waals surface area contributed by atoms with Crippen LogP contribution in [0.15, 0.2) is 28.1 Å². The Hall–Kier alpha value is -1.65. The van der Waals surface area contributed by atoms with Crippen LogP contribution < -0.4 is 0 Å². The molecule has 1 aromatic carbocycles. The normalized spacial score (nSPS) is 17.9. The maximum Gasteiger partial charge on any atom is 0.235 e. The summed E-state index contributed by atoms with van der Waals surface area (Å²) in [4.78, 5) is 14.6. The van der Waals surface area contributed by atoms with E-state index >= 15 is 0 Å². The number of carbonyl (C=O) groups excluding carboxylic acids is 1. The number of nitrogens with zero attached hydrogens (tertiary/aromatic N) is 1. The Morgan fingerprint density at radius 3 is 2.47 bits per heavy atom. The molecule has 1 fully saturated rings. The summed E-state index contributed by atoms with van der Waals surface area (Å²) in [5.41, 5.74) is -0.428. The molecule has 1 aliphatic carbocycles. The first-order valence-electron chi connectivity index (χ1n) is 6.02. The van der Waals surface area contributed by atoms with Gasteiger partial charge in [0, 0.05) is 11.8 Å². The van der Waals surface area contributed by atoms with Crippen LogP contribution in [0, 0.1) is 0 Å². The highest BCUT2D eigenvalue weighted by Gasteiger charge is 2.38. The van der Waals surface area contributed by atoms with E-state index in [1.54, 1.807) is 6.08 Å². The number of hydrogen-bond donors (Lipinski definition) is 1. The largest absolute Gasteiger partial charge is 0.508 e. The van der Waals surface area contributed by atoms with Crippen LogP contribution in [0.1, 0.15) is 31.2 Å². The van der Waals surface area contributed by atoms with Crippen LogP contribution in [0.5, 0.6) is 5.75 Å². The fourth-order valence-corrected chi connectivity index (χ4v) is 3.25. The number of aromatic hydroxyl groups is 1. The van der Waals surface area contributed by atoms with Crippen molar-refractivity contribution < 1.29 is 18.3 Å². The van der Waals surface area contributed by atoms with E-state index in [0.717, 1.165) is 19.1 Å². The number of phenolic OH excluding ortho intramolecular Hbond substituents is 1. The Bertz CT molecular complexity index is 639. The molecule has 1 saturated carbocycles. The van der Waals surface area contributed by atoms with Gasteiger partial charge in [-0.2, -0.15) is 4.99 Å². The summed E-state index contributed by atoms with van der Waals surface area (Å²) in [7, 11) is -3.36. The van der Waals surface area contributed by atoms with Crippen molar-refractivity contribution in [1.29, 1.82) is 0 Å². The minimum absolute atomic E-state index is 0.0340. The lowest BCUT2D eigenvalue weighted by Gasteiger charge is -2.24. The van der Waals surface area contributed by atoms with Crippen LogP contribution in [0.4, 0.5) is 0 Å². The first kappa shape index (κ1) is 13.8. The minimum atomic E-state index is -3.36. The highest BCUT2D eigenvalue weighted by molar-refractivity contribution is 7.90. The smallest absolute Gasteiger partial charge is 0.235 e. The monoisotopic (exact) mass is 281 g/mol. The summed E-state index contributed by atoms with van der Waals surface area (Å²) in [6, 6.07) is 4.10. The fourth-order valence-electron chi connectivity index (χ4n) is 2.61. The molecule has 6 heteroatoms. The SMILES string of the molecule is CS(=O)(=O)c1ccc(O)c(C2(N=C=O)CCCC2)c1. The van der Waals surface area contributed by atoms with E-state index in [1.807, 2.05) is 0 Å². The van der Waals surface area contributed by atoms with E-state index < -0.39 is 15.4 Å². The lowest BCUT2D eigenvalue weighted by Crippen LogP contribution is -2.19. The number of hydrogen-bond acceptors (Lipinski definition) is 5. The van der Waals surface area contributed by atoms with Crippen LogP contribution in [0.2, 0.25) is 0 Å². The fraction of sp³-hybridized carbons (Fsp3) is 0.462. The van der Waals surface area contributed by atoms with Gasteiger partial charge < -0.3 is 5.11 Å². The Morgan fingerprint density at radius 1 is 1.32 bits per heavy atom. The number of isocyanates is 1. The molecule has 2 rings (SSSR count). The Kier molecular flexibility index (Phi) is 3.47. The van der Waals surface area contributed by atoms with Crippen molar-refractivity contribution in [2.75, 3.05) is 6.26 Å². The van der Waals surface area contributed by atoms with Crippen molar-refractivity contribution >= 4 is 15.9 Å². The molecule has 0 aromatic heterocycles. The zero-order chi connectivity index (χ0) is 14.1. The van der Waals surface area contributed by atoms with E-state index in [9.17, 15) is 18.3 Å². The number of sulfone groups is 1. The molecule has 1 aromatic rings. The van der Waals surface area contributed by atoms with Crippen molar-refractivity contribution in [1.82, 2.24) is 0 Å². The van der Waals surface area contributed by atoms with Gasteiger partial charge in [0.1, 0.15) is 11.3 Å². The zero-order valence-electron chi connectivity index (χ0n) is 10.6. The molecule has 102 valence electrons. The standard InChI is InChI=1S/C13H15NO4S/c1-19(17,18)10-4-5-12(16)11(8-10)13(14-9-15)6-2-3-7-13/h4-5,8,16H,2-3,6-7H2,1H3. The highest BCUT2D eigenvalue weighted by atomic mass is 32.2. The van der Waals surface area contributed by atoms with Crippen LogP contribution in [0.25, 0.3) is 0 Å². The van der Waals surface area contributed by atoms with Crippen LogP contribution in [0.3, 0.4) is 0 Å². The van der Waals surface area contributed by atoms with Crippen molar-refractivity contribution in [2.45, 2.75) is 36.1 Å². The first-order valence-corrected chi connectivity index (χ1v) is 7.91.